The van der Waals surface area contributed by atoms with E-state index in [9.17, 15) is 18.0 Å². The Morgan fingerprint density at radius 2 is 1.96 bits per heavy atom. The maximum Gasteiger partial charge on any atom is 0.261 e. The smallest absolute Gasteiger partial charge is 0.261 e. The normalized spacial score (nSPS) is 12.8. The summed E-state index contributed by atoms with van der Waals surface area (Å²) in [4.78, 5) is 26.2. The Bertz CT molecular complexity index is 791. The number of Topliss-reactive ketones (excluding diaryl/α,β-unsaturated/α-hetero) is 1. The van der Waals surface area contributed by atoms with Crippen molar-refractivity contribution in [1.82, 2.24) is 5.32 Å². The molecule has 1 amide bonds. The minimum Gasteiger partial charge on any atom is -0.351 e. The van der Waals surface area contributed by atoms with Gasteiger partial charge in [0.25, 0.3) is 5.91 Å². The summed E-state index contributed by atoms with van der Waals surface area (Å²) in [6.45, 7) is 1.39. The average Bonchev–Trinajstić information content (AvgIpc) is 3.10. The van der Waals surface area contributed by atoms with Crippen LogP contribution in [0.3, 0.4) is 0 Å². The molecular weight excluding hydrogens is 354 g/mol. The summed E-state index contributed by atoms with van der Waals surface area (Å²) < 4.78 is 23.0. The molecule has 0 aromatic carbocycles. The molecule has 0 aliphatic rings. The van der Waals surface area contributed by atoms with Gasteiger partial charge in [-0.15, -0.1) is 22.7 Å². The molecule has 2 heterocycles. The first-order chi connectivity index (χ1) is 10.8. The van der Waals surface area contributed by atoms with E-state index in [1.54, 1.807) is 17.4 Å². The predicted molar refractivity (Wildman–Crippen MR) is 93.9 cm³/mol. The van der Waals surface area contributed by atoms with Crippen LogP contribution in [0.25, 0.3) is 9.75 Å². The highest BCUT2D eigenvalue weighted by Gasteiger charge is 2.25. The number of rotatable bonds is 7. The van der Waals surface area contributed by atoms with Crippen LogP contribution in [0.4, 0.5) is 0 Å². The molecule has 2 aromatic heterocycles. The van der Waals surface area contributed by atoms with Gasteiger partial charge in [0, 0.05) is 22.6 Å². The lowest BCUT2D eigenvalue weighted by molar-refractivity contribution is -0.116. The third-order valence-corrected chi connectivity index (χ3v) is 7.01. The van der Waals surface area contributed by atoms with Gasteiger partial charge < -0.3 is 5.32 Å². The van der Waals surface area contributed by atoms with Crippen LogP contribution in [-0.4, -0.2) is 38.2 Å². The lowest BCUT2D eigenvalue weighted by Crippen LogP contribution is -2.33. The highest BCUT2D eigenvalue weighted by molar-refractivity contribution is 7.92. The molecule has 0 fully saturated rings. The van der Waals surface area contributed by atoms with E-state index in [0.29, 0.717) is 4.88 Å². The molecule has 0 spiro atoms. The molecule has 1 unspecified atom stereocenters. The fraction of sp³-hybridized carbons (Fsp3) is 0.333. The highest BCUT2D eigenvalue weighted by atomic mass is 32.2. The fourth-order valence-corrected chi connectivity index (χ4v) is 5.04. The summed E-state index contributed by atoms with van der Waals surface area (Å²) in [7, 11) is -3.45. The minimum absolute atomic E-state index is 0.0864. The van der Waals surface area contributed by atoms with Crippen molar-refractivity contribution in [2.45, 2.75) is 18.6 Å². The summed E-state index contributed by atoms with van der Waals surface area (Å²) in [5, 5.41) is 3.59. The van der Waals surface area contributed by atoms with Gasteiger partial charge in [-0.1, -0.05) is 6.07 Å². The summed E-state index contributed by atoms with van der Waals surface area (Å²) in [6.07, 6.45) is 1.12. The van der Waals surface area contributed by atoms with E-state index in [-0.39, 0.29) is 18.9 Å². The van der Waals surface area contributed by atoms with Crippen molar-refractivity contribution in [3.05, 3.63) is 34.5 Å². The molecule has 124 valence electrons. The quantitative estimate of drug-likeness (QED) is 0.811. The van der Waals surface area contributed by atoms with Gasteiger partial charge in [0.05, 0.1) is 4.88 Å². The van der Waals surface area contributed by atoms with E-state index < -0.39 is 20.9 Å². The summed E-state index contributed by atoms with van der Waals surface area (Å²) in [5.74, 6) is -0.661. The number of amides is 1. The number of hydrogen-bond acceptors (Lipinski definition) is 6. The first-order valence-corrected chi connectivity index (χ1v) is 10.6. The standard InChI is InChI=1S/C15H17NO4S3/c1-10(17)14(23(2,19)20)7-8-16-15(18)13-6-5-12(22-13)11-4-3-9-21-11/h3-6,9,14H,7-8H2,1-2H3,(H,16,18). The molecule has 0 aliphatic carbocycles. The number of sulfone groups is 1. The van der Waals surface area contributed by atoms with E-state index >= 15 is 0 Å². The number of thiophene rings is 2. The molecule has 8 heteroatoms. The highest BCUT2D eigenvalue weighted by Crippen LogP contribution is 2.31. The number of ketones is 1. The Morgan fingerprint density at radius 3 is 2.52 bits per heavy atom. The zero-order valence-electron chi connectivity index (χ0n) is 12.7. The number of carbonyl (C=O) groups excluding carboxylic acids is 2. The van der Waals surface area contributed by atoms with Crippen LogP contribution in [0.15, 0.2) is 29.6 Å². The Hall–Kier alpha value is -1.51. The van der Waals surface area contributed by atoms with Crippen molar-refractivity contribution in [2.75, 3.05) is 12.8 Å². The van der Waals surface area contributed by atoms with Crippen LogP contribution >= 0.6 is 22.7 Å². The van der Waals surface area contributed by atoms with Gasteiger partial charge in [-0.25, -0.2) is 8.42 Å². The number of nitrogens with one attached hydrogen (secondary N) is 1. The number of carbonyl (C=O) groups is 2. The van der Waals surface area contributed by atoms with Gasteiger partial charge >= 0.3 is 0 Å². The van der Waals surface area contributed by atoms with E-state index in [0.717, 1.165) is 16.0 Å². The topological polar surface area (TPSA) is 80.3 Å². The van der Waals surface area contributed by atoms with Crippen LogP contribution in [0.2, 0.25) is 0 Å². The largest absolute Gasteiger partial charge is 0.351 e. The van der Waals surface area contributed by atoms with Gasteiger partial charge in [0.2, 0.25) is 0 Å². The van der Waals surface area contributed by atoms with Crippen molar-refractivity contribution in [2.24, 2.45) is 0 Å². The first kappa shape index (κ1) is 17.8. The molecule has 1 N–H and O–H groups in total. The summed E-state index contributed by atoms with van der Waals surface area (Å²) in [6, 6.07) is 7.57. The Kier molecular flexibility index (Phi) is 5.72. The predicted octanol–water partition coefficient (Wildman–Crippen LogP) is 2.60. The molecular formula is C15H17NO4S3. The molecule has 0 radical (unpaired) electrons. The van der Waals surface area contributed by atoms with Crippen LogP contribution in [0, 0.1) is 0 Å². The van der Waals surface area contributed by atoms with Crippen molar-refractivity contribution < 1.29 is 18.0 Å². The lowest BCUT2D eigenvalue weighted by atomic mass is 10.2. The van der Waals surface area contributed by atoms with Gasteiger partial charge in [-0.3, -0.25) is 9.59 Å². The van der Waals surface area contributed by atoms with Crippen LogP contribution in [0.5, 0.6) is 0 Å². The van der Waals surface area contributed by atoms with E-state index in [2.05, 4.69) is 5.32 Å². The molecule has 0 bridgehead atoms. The first-order valence-electron chi connectivity index (χ1n) is 6.90. The van der Waals surface area contributed by atoms with E-state index in [1.807, 2.05) is 23.6 Å². The molecule has 1 atom stereocenters. The van der Waals surface area contributed by atoms with E-state index in [1.165, 1.54) is 18.3 Å². The van der Waals surface area contributed by atoms with E-state index in [4.69, 9.17) is 0 Å². The lowest BCUT2D eigenvalue weighted by Gasteiger charge is -2.11. The summed E-state index contributed by atoms with van der Waals surface area (Å²) >= 11 is 2.99. The van der Waals surface area contributed by atoms with Crippen molar-refractivity contribution >= 4 is 44.2 Å². The van der Waals surface area contributed by atoms with Crippen LogP contribution in [-0.2, 0) is 14.6 Å². The van der Waals surface area contributed by atoms with Crippen molar-refractivity contribution in [3.8, 4) is 9.75 Å². The molecule has 0 saturated carbocycles. The molecule has 0 aliphatic heterocycles. The third-order valence-electron chi connectivity index (χ3n) is 3.26. The Labute approximate surface area is 143 Å². The van der Waals surface area contributed by atoms with Gasteiger partial charge in [-0.2, -0.15) is 0 Å². The molecule has 2 rings (SSSR count). The fourth-order valence-electron chi connectivity index (χ4n) is 2.13. The monoisotopic (exact) mass is 371 g/mol. The second-order valence-corrected chi connectivity index (χ2v) is 9.37. The van der Waals surface area contributed by atoms with Gasteiger partial charge in [0.15, 0.2) is 9.84 Å². The molecule has 5 nitrogen and oxygen atoms in total. The molecule has 23 heavy (non-hydrogen) atoms. The van der Waals surface area contributed by atoms with Crippen molar-refractivity contribution in [3.63, 3.8) is 0 Å². The zero-order chi connectivity index (χ0) is 17.0. The van der Waals surface area contributed by atoms with Crippen LogP contribution in [0.1, 0.15) is 23.0 Å². The van der Waals surface area contributed by atoms with Crippen LogP contribution < -0.4 is 5.32 Å². The maximum atomic E-state index is 12.1. The summed E-state index contributed by atoms with van der Waals surface area (Å²) in [5.41, 5.74) is 0. The van der Waals surface area contributed by atoms with Gasteiger partial charge in [-0.05, 0) is 36.9 Å². The average molecular weight is 372 g/mol. The SMILES string of the molecule is CC(=O)C(CCNC(=O)c1ccc(-c2cccs2)s1)S(C)(=O)=O. The Morgan fingerprint density at radius 1 is 1.22 bits per heavy atom. The molecule has 2 aromatic rings. The second-order valence-electron chi connectivity index (χ2n) is 5.11. The Balaban J connectivity index is 1.94. The maximum absolute atomic E-state index is 12.1. The zero-order valence-corrected chi connectivity index (χ0v) is 15.2. The van der Waals surface area contributed by atoms with Crippen molar-refractivity contribution in [1.29, 1.82) is 0 Å². The minimum atomic E-state index is -3.45. The second kappa shape index (κ2) is 7.37. The third kappa shape index (κ3) is 4.73. The molecule has 0 saturated heterocycles. The van der Waals surface area contributed by atoms with Gasteiger partial charge in [0.1, 0.15) is 11.0 Å². The number of hydrogen-bond donors (Lipinski definition) is 1.